The number of anilines is 1. The van der Waals surface area contributed by atoms with Crippen LogP contribution in [0, 0.1) is 11.7 Å². The van der Waals surface area contributed by atoms with Crippen molar-refractivity contribution < 1.29 is 4.39 Å². The normalized spacial score (nSPS) is 17.8. The van der Waals surface area contributed by atoms with Crippen LogP contribution in [0.25, 0.3) is 0 Å². The van der Waals surface area contributed by atoms with Crippen molar-refractivity contribution in [2.24, 2.45) is 5.92 Å². The second-order valence-electron chi connectivity index (χ2n) is 6.26. The van der Waals surface area contributed by atoms with Gasteiger partial charge in [0, 0.05) is 18.6 Å². The molecule has 0 aliphatic carbocycles. The lowest BCUT2D eigenvalue weighted by Gasteiger charge is -2.33. The van der Waals surface area contributed by atoms with Crippen molar-refractivity contribution in [1.82, 2.24) is 15.3 Å². The summed E-state index contributed by atoms with van der Waals surface area (Å²) < 4.78 is 12.8. The maximum absolute atomic E-state index is 12.8. The van der Waals surface area contributed by atoms with Crippen LogP contribution in [0.3, 0.4) is 0 Å². The SMILES string of the molecule is CC(C)(C)NCC1CCN(c2ncc(F)cn2)CC1. The number of rotatable bonds is 3. The van der Waals surface area contributed by atoms with E-state index in [-0.39, 0.29) is 11.4 Å². The van der Waals surface area contributed by atoms with E-state index in [2.05, 4.69) is 41.0 Å². The third kappa shape index (κ3) is 4.42. The molecule has 0 bridgehead atoms. The molecule has 1 aliphatic rings. The number of hydrogen-bond acceptors (Lipinski definition) is 4. The van der Waals surface area contributed by atoms with E-state index in [0.717, 1.165) is 32.5 Å². The van der Waals surface area contributed by atoms with Gasteiger partial charge in [-0.3, -0.25) is 0 Å². The monoisotopic (exact) mass is 266 g/mol. The molecule has 0 radical (unpaired) electrons. The Morgan fingerprint density at radius 2 is 1.84 bits per heavy atom. The summed E-state index contributed by atoms with van der Waals surface area (Å²) in [5.41, 5.74) is 0.178. The standard InChI is InChI=1S/C14H23FN4/c1-14(2,3)18-8-11-4-6-19(7-5-11)13-16-9-12(15)10-17-13/h9-11,18H,4-8H2,1-3H3. The molecule has 1 N–H and O–H groups in total. The van der Waals surface area contributed by atoms with Crippen molar-refractivity contribution in [3.05, 3.63) is 18.2 Å². The molecule has 19 heavy (non-hydrogen) atoms. The van der Waals surface area contributed by atoms with Gasteiger partial charge in [-0.15, -0.1) is 0 Å². The van der Waals surface area contributed by atoms with Crippen LogP contribution in [-0.4, -0.2) is 35.1 Å². The molecule has 2 rings (SSSR count). The fraction of sp³-hybridized carbons (Fsp3) is 0.714. The summed E-state index contributed by atoms with van der Waals surface area (Å²) in [6, 6.07) is 0. The Balaban J connectivity index is 1.81. The maximum atomic E-state index is 12.8. The van der Waals surface area contributed by atoms with E-state index in [0.29, 0.717) is 11.9 Å². The van der Waals surface area contributed by atoms with E-state index in [1.807, 2.05) is 0 Å². The predicted molar refractivity (Wildman–Crippen MR) is 74.7 cm³/mol. The van der Waals surface area contributed by atoms with Crippen LogP contribution in [0.5, 0.6) is 0 Å². The highest BCUT2D eigenvalue weighted by Gasteiger charge is 2.22. The highest BCUT2D eigenvalue weighted by Crippen LogP contribution is 2.20. The van der Waals surface area contributed by atoms with E-state index in [1.165, 1.54) is 12.4 Å². The zero-order chi connectivity index (χ0) is 13.9. The van der Waals surface area contributed by atoms with Crippen molar-refractivity contribution >= 4 is 5.95 Å². The van der Waals surface area contributed by atoms with Crippen LogP contribution in [0.1, 0.15) is 33.6 Å². The topological polar surface area (TPSA) is 41.0 Å². The zero-order valence-electron chi connectivity index (χ0n) is 12.0. The first-order valence-corrected chi connectivity index (χ1v) is 6.91. The first-order chi connectivity index (χ1) is 8.94. The van der Waals surface area contributed by atoms with E-state index in [1.54, 1.807) is 0 Å². The molecule has 106 valence electrons. The van der Waals surface area contributed by atoms with Crippen LogP contribution in [0.4, 0.5) is 10.3 Å². The van der Waals surface area contributed by atoms with Crippen LogP contribution in [0.2, 0.25) is 0 Å². The highest BCUT2D eigenvalue weighted by atomic mass is 19.1. The van der Waals surface area contributed by atoms with Crippen LogP contribution >= 0.6 is 0 Å². The third-order valence-corrected chi connectivity index (χ3v) is 3.43. The molecule has 0 unspecified atom stereocenters. The second-order valence-corrected chi connectivity index (χ2v) is 6.26. The second kappa shape index (κ2) is 5.82. The Morgan fingerprint density at radius 1 is 1.26 bits per heavy atom. The van der Waals surface area contributed by atoms with Gasteiger partial charge in [0.15, 0.2) is 5.82 Å². The quantitative estimate of drug-likeness (QED) is 0.911. The number of nitrogens with one attached hydrogen (secondary N) is 1. The molecule has 0 aromatic carbocycles. The minimum absolute atomic E-state index is 0.178. The average molecular weight is 266 g/mol. The fourth-order valence-corrected chi connectivity index (χ4v) is 2.26. The van der Waals surface area contributed by atoms with Crippen molar-refractivity contribution in [3.8, 4) is 0 Å². The molecule has 1 fully saturated rings. The van der Waals surface area contributed by atoms with Gasteiger partial charge in [0.05, 0.1) is 12.4 Å². The molecular formula is C14H23FN4. The van der Waals surface area contributed by atoms with Crippen molar-refractivity contribution in [1.29, 1.82) is 0 Å². The maximum Gasteiger partial charge on any atom is 0.225 e. The molecule has 1 aromatic rings. The van der Waals surface area contributed by atoms with Gasteiger partial charge in [-0.2, -0.15) is 0 Å². The van der Waals surface area contributed by atoms with Crippen LogP contribution in [0.15, 0.2) is 12.4 Å². The summed E-state index contributed by atoms with van der Waals surface area (Å²) in [4.78, 5) is 10.2. The lowest BCUT2D eigenvalue weighted by molar-refractivity contribution is 0.327. The van der Waals surface area contributed by atoms with E-state index < -0.39 is 0 Å². The summed E-state index contributed by atoms with van der Waals surface area (Å²) in [6.45, 7) is 9.52. The molecule has 2 heterocycles. The lowest BCUT2D eigenvalue weighted by Crippen LogP contribution is -2.43. The Labute approximate surface area is 114 Å². The predicted octanol–water partition coefficient (Wildman–Crippen LogP) is 2.22. The number of piperidine rings is 1. The van der Waals surface area contributed by atoms with Gasteiger partial charge in [0.2, 0.25) is 5.95 Å². The van der Waals surface area contributed by atoms with Gasteiger partial charge in [-0.05, 0) is 46.1 Å². The largest absolute Gasteiger partial charge is 0.341 e. The zero-order valence-corrected chi connectivity index (χ0v) is 12.0. The van der Waals surface area contributed by atoms with Gasteiger partial charge in [0.1, 0.15) is 0 Å². The number of halogens is 1. The Kier molecular flexibility index (Phi) is 4.34. The van der Waals surface area contributed by atoms with E-state index >= 15 is 0 Å². The minimum Gasteiger partial charge on any atom is -0.341 e. The molecule has 4 nitrogen and oxygen atoms in total. The lowest BCUT2D eigenvalue weighted by atomic mass is 9.95. The Bertz CT molecular complexity index is 391. The van der Waals surface area contributed by atoms with Crippen molar-refractivity contribution in [3.63, 3.8) is 0 Å². The summed E-state index contributed by atoms with van der Waals surface area (Å²) in [7, 11) is 0. The molecule has 0 amide bonds. The van der Waals surface area contributed by atoms with E-state index in [9.17, 15) is 4.39 Å². The smallest absolute Gasteiger partial charge is 0.225 e. The Morgan fingerprint density at radius 3 is 2.37 bits per heavy atom. The highest BCUT2D eigenvalue weighted by molar-refractivity contribution is 5.29. The molecular weight excluding hydrogens is 243 g/mol. The number of nitrogens with zero attached hydrogens (tertiary/aromatic N) is 3. The van der Waals surface area contributed by atoms with Crippen LogP contribution in [-0.2, 0) is 0 Å². The Hall–Kier alpha value is -1.23. The van der Waals surface area contributed by atoms with Gasteiger partial charge in [-0.25, -0.2) is 14.4 Å². The summed E-state index contributed by atoms with van der Waals surface area (Å²) in [5.74, 6) is 0.965. The first kappa shape index (κ1) is 14.2. The molecule has 1 aromatic heterocycles. The van der Waals surface area contributed by atoms with Crippen molar-refractivity contribution in [2.75, 3.05) is 24.5 Å². The molecule has 0 spiro atoms. The summed E-state index contributed by atoms with van der Waals surface area (Å²) in [5, 5.41) is 3.55. The number of hydrogen-bond donors (Lipinski definition) is 1. The van der Waals surface area contributed by atoms with Crippen LogP contribution < -0.4 is 10.2 Å². The fourth-order valence-electron chi connectivity index (χ4n) is 2.26. The molecule has 0 saturated carbocycles. The van der Waals surface area contributed by atoms with E-state index in [4.69, 9.17) is 0 Å². The molecule has 0 atom stereocenters. The van der Waals surface area contributed by atoms with Gasteiger partial charge in [-0.1, -0.05) is 0 Å². The van der Waals surface area contributed by atoms with Gasteiger partial charge < -0.3 is 10.2 Å². The summed E-state index contributed by atoms with van der Waals surface area (Å²) in [6.07, 6.45) is 4.72. The third-order valence-electron chi connectivity index (χ3n) is 3.43. The van der Waals surface area contributed by atoms with Gasteiger partial charge >= 0.3 is 0 Å². The van der Waals surface area contributed by atoms with Gasteiger partial charge in [0.25, 0.3) is 0 Å². The first-order valence-electron chi connectivity index (χ1n) is 6.91. The molecule has 1 saturated heterocycles. The van der Waals surface area contributed by atoms with Crippen molar-refractivity contribution in [2.45, 2.75) is 39.2 Å². The minimum atomic E-state index is -0.381. The molecule has 1 aliphatic heterocycles. The molecule has 5 heteroatoms. The average Bonchev–Trinajstić information content (AvgIpc) is 2.37. The summed E-state index contributed by atoms with van der Waals surface area (Å²) >= 11 is 0. The number of aromatic nitrogens is 2.